The van der Waals surface area contributed by atoms with Crippen molar-refractivity contribution >= 4 is 34.4 Å². The Morgan fingerprint density at radius 3 is 2.52 bits per heavy atom. The van der Waals surface area contributed by atoms with Crippen molar-refractivity contribution in [2.45, 2.75) is 64.6 Å². The molecule has 6 heteroatoms. The van der Waals surface area contributed by atoms with Crippen LogP contribution in [0.5, 0.6) is 5.75 Å². The minimum Gasteiger partial charge on any atom is -0.484 e. The lowest BCUT2D eigenvalue weighted by Crippen LogP contribution is -2.52. The molecule has 0 radical (unpaired) electrons. The smallest absolute Gasteiger partial charge is 0.261 e. The molecule has 1 fully saturated rings. The Bertz CT molecular complexity index is 879. The Balaban J connectivity index is 1.75. The van der Waals surface area contributed by atoms with E-state index in [1.54, 1.807) is 4.90 Å². The van der Waals surface area contributed by atoms with Gasteiger partial charge in [-0.2, -0.15) is 0 Å². The van der Waals surface area contributed by atoms with Gasteiger partial charge in [-0.15, -0.1) is 0 Å². The molecule has 0 aromatic heterocycles. The summed E-state index contributed by atoms with van der Waals surface area (Å²) in [7, 11) is 0. The van der Waals surface area contributed by atoms with E-state index in [2.05, 4.69) is 34.0 Å². The summed E-state index contributed by atoms with van der Waals surface area (Å²) in [5, 5.41) is 3.17. The highest BCUT2D eigenvalue weighted by Gasteiger charge is 2.30. The average molecular weight is 534 g/mol. The van der Waals surface area contributed by atoms with E-state index in [-0.39, 0.29) is 24.5 Å². The van der Waals surface area contributed by atoms with E-state index in [1.807, 2.05) is 56.3 Å². The van der Waals surface area contributed by atoms with E-state index < -0.39 is 6.04 Å². The number of nitrogens with zero attached hydrogens (tertiary/aromatic N) is 1. The first-order chi connectivity index (χ1) is 15.0. The molecule has 1 aliphatic rings. The van der Waals surface area contributed by atoms with Gasteiger partial charge in [-0.1, -0.05) is 49.6 Å². The van der Waals surface area contributed by atoms with Crippen LogP contribution in [0.1, 0.15) is 50.2 Å². The van der Waals surface area contributed by atoms with Crippen molar-refractivity contribution in [2.24, 2.45) is 0 Å². The van der Waals surface area contributed by atoms with Gasteiger partial charge in [0, 0.05) is 16.2 Å². The molecule has 31 heavy (non-hydrogen) atoms. The van der Waals surface area contributed by atoms with E-state index in [0.29, 0.717) is 18.7 Å². The number of carbonyl (C=O) groups excluding carboxylic acids is 2. The summed E-state index contributed by atoms with van der Waals surface area (Å²) >= 11 is 2.23. The Morgan fingerprint density at radius 2 is 1.87 bits per heavy atom. The number of nitrogens with one attached hydrogen (secondary N) is 1. The zero-order chi connectivity index (χ0) is 22.2. The standard InChI is InChI=1S/C25H31IN2O3/c1-3-23(25(30)27-21-9-4-5-10-21)28(16-19-8-6-7-18(2)15-19)24(29)17-31-22-13-11-20(26)12-14-22/h6-8,11-15,21,23H,3-5,9-10,16-17H2,1-2H3,(H,27,30)/t23-/m0/s1. The first-order valence-electron chi connectivity index (χ1n) is 11.0. The summed E-state index contributed by atoms with van der Waals surface area (Å²) < 4.78 is 6.85. The second kappa shape index (κ2) is 11.5. The minimum absolute atomic E-state index is 0.0651. The topological polar surface area (TPSA) is 58.6 Å². The number of rotatable bonds is 9. The largest absolute Gasteiger partial charge is 0.484 e. The van der Waals surface area contributed by atoms with Gasteiger partial charge in [0.15, 0.2) is 6.61 Å². The summed E-state index contributed by atoms with van der Waals surface area (Å²) in [4.78, 5) is 28.0. The van der Waals surface area contributed by atoms with Crippen LogP contribution in [0.3, 0.4) is 0 Å². The lowest BCUT2D eigenvalue weighted by molar-refractivity contribution is -0.143. The lowest BCUT2D eigenvalue weighted by atomic mass is 10.1. The quantitative estimate of drug-likeness (QED) is 0.469. The van der Waals surface area contributed by atoms with E-state index in [4.69, 9.17) is 4.74 Å². The number of aryl methyl sites for hydroxylation is 1. The second-order valence-electron chi connectivity index (χ2n) is 8.17. The third-order valence-electron chi connectivity index (χ3n) is 5.70. The number of hydrogen-bond acceptors (Lipinski definition) is 3. The van der Waals surface area contributed by atoms with Gasteiger partial charge in [-0.25, -0.2) is 0 Å². The van der Waals surface area contributed by atoms with E-state index >= 15 is 0 Å². The molecule has 166 valence electrons. The van der Waals surface area contributed by atoms with Gasteiger partial charge >= 0.3 is 0 Å². The lowest BCUT2D eigenvalue weighted by Gasteiger charge is -2.31. The second-order valence-corrected chi connectivity index (χ2v) is 9.41. The van der Waals surface area contributed by atoms with Crippen molar-refractivity contribution in [3.63, 3.8) is 0 Å². The van der Waals surface area contributed by atoms with E-state index in [0.717, 1.165) is 40.4 Å². The molecule has 0 unspecified atom stereocenters. The molecule has 0 heterocycles. The molecular formula is C25H31IN2O3. The molecule has 1 saturated carbocycles. The molecule has 0 spiro atoms. The van der Waals surface area contributed by atoms with Crippen LogP contribution in [0.25, 0.3) is 0 Å². The fourth-order valence-electron chi connectivity index (χ4n) is 4.05. The Hall–Kier alpha value is -2.09. The summed E-state index contributed by atoms with van der Waals surface area (Å²) in [6.45, 7) is 4.27. The van der Waals surface area contributed by atoms with E-state index in [1.165, 1.54) is 0 Å². The normalized spacial score (nSPS) is 14.8. The molecule has 5 nitrogen and oxygen atoms in total. The van der Waals surface area contributed by atoms with Gasteiger partial charge in [0.1, 0.15) is 11.8 Å². The van der Waals surface area contributed by atoms with Gasteiger partial charge in [-0.05, 0) is 78.6 Å². The molecule has 0 aliphatic heterocycles. The summed E-state index contributed by atoms with van der Waals surface area (Å²) in [6, 6.07) is 15.3. The highest BCUT2D eigenvalue weighted by molar-refractivity contribution is 14.1. The van der Waals surface area contributed by atoms with Crippen molar-refractivity contribution < 1.29 is 14.3 Å². The first kappa shape index (κ1) is 23.6. The van der Waals surface area contributed by atoms with Crippen LogP contribution in [0.15, 0.2) is 48.5 Å². The summed E-state index contributed by atoms with van der Waals surface area (Å²) in [5.74, 6) is 0.394. The minimum atomic E-state index is -0.520. The van der Waals surface area contributed by atoms with Crippen LogP contribution < -0.4 is 10.1 Å². The van der Waals surface area contributed by atoms with Crippen LogP contribution in [-0.2, 0) is 16.1 Å². The number of carbonyl (C=O) groups is 2. The zero-order valence-electron chi connectivity index (χ0n) is 18.3. The molecule has 1 atom stereocenters. The molecule has 0 bridgehead atoms. The SMILES string of the molecule is CC[C@@H](C(=O)NC1CCCC1)N(Cc1cccc(C)c1)C(=O)COc1ccc(I)cc1. The molecule has 1 aliphatic carbocycles. The molecule has 2 amide bonds. The van der Waals surface area contributed by atoms with Gasteiger partial charge < -0.3 is 15.0 Å². The molecule has 0 saturated heterocycles. The van der Waals surface area contributed by atoms with Crippen molar-refractivity contribution in [2.75, 3.05) is 6.61 Å². The van der Waals surface area contributed by atoms with Crippen LogP contribution in [0, 0.1) is 10.5 Å². The van der Waals surface area contributed by atoms with Crippen LogP contribution in [-0.4, -0.2) is 35.4 Å². The fraction of sp³-hybridized carbons (Fsp3) is 0.440. The number of amides is 2. The van der Waals surface area contributed by atoms with Crippen LogP contribution in [0.4, 0.5) is 0 Å². The van der Waals surface area contributed by atoms with Crippen LogP contribution in [0.2, 0.25) is 0 Å². The van der Waals surface area contributed by atoms with Crippen molar-refractivity contribution in [1.29, 1.82) is 0 Å². The molecule has 2 aromatic rings. The average Bonchev–Trinajstić information content (AvgIpc) is 3.26. The number of halogens is 1. The molecular weight excluding hydrogens is 503 g/mol. The van der Waals surface area contributed by atoms with Gasteiger partial charge in [-0.3, -0.25) is 9.59 Å². The van der Waals surface area contributed by atoms with E-state index in [9.17, 15) is 9.59 Å². The monoisotopic (exact) mass is 534 g/mol. The number of hydrogen-bond donors (Lipinski definition) is 1. The highest BCUT2D eigenvalue weighted by Crippen LogP contribution is 2.20. The number of benzene rings is 2. The number of ether oxygens (including phenoxy) is 1. The highest BCUT2D eigenvalue weighted by atomic mass is 127. The Labute approximate surface area is 198 Å². The Morgan fingerprint density at radius 1 is 1.16 bits per heavy atom. The fourth-order valence-corrected chi connectivity index (χ4v) is 4.41. The predicted octanol–water partition coefficient (Wildman–Crippen LogP) is 4.84. The van der Waals surface area contributed by atoms with Gasteiger partial charge in [0.25, 0.3) is 5.91 Å². The third-order valence-corrected chi connectivity index (χ3v) is 6.42. The van der Waals surface area contributed by atoms with Crippen molar-refractivity contribution in [3.8, 4) is 5.75 Å². The molecule has 3 rings (SSSR count). The maximum Gasteiger partial charge on any atom is 0.261 e. The van der Waals surface area contributed by atoms with Crippen LogP contribution >= 0.6 is 22.6 Å². The zero-order valence-corrected chi connectivity index (χ0v) is 20.4. The maximum absolute atomic E-state index is 13.2. The molecule has 1 N–H and O–H groups in total. The van der Waals surface area contributed by atoms with Gasteiger partial charge in [0.05, 0.1) is 0 Å². The summed E-state index contributed by atoms with van der Waals surface area (Å²) in [6.07, 6.45) is 4.89. The predicted molar refractivity (Wildman–Crippen MR) is 131 cm³/mol. The van der Waals surface area contributed by atoms with Gasteiger partial charge in [0.2, 0.25) is 5.91 Å². The maximum atomic E-state index is 13.2. The first-order valence-corrected chi connectivity index (χ1v) is 12.1. The van der Waals surface area contributed by atoms with Crippen molar-refractivity contribution in [3.05, 3.63) is 63.2 Å². The summed E-state index contributed by atoms with van der Waals surface area (Å²) in [5.41, 5.74) is 2.14. The van der Waals surface area contributed by atoms with Crippen molar-refractivity contribution in [1.82, 2.24) is 10.2 Å². The molecule has 2 aromatic carbocycles. The Kier molecular flexibility index (Phi) is 8.75. The third kappa shape index (κ3) is 6.95.